The minimum Gasteiger partial charge on any atom is -0.364 e. The van der Waals surface area contributed by atoms with E-state index in [0.717, 1.165) is 23.2 Å². The third-order valence-corrected chi connectivity index (χ3v) is 4.68. The van der Waals surface area contributed by atoms with Gasteiger partial charge in [-0.1, -0.05) is 55.5 Å². The Bertz CT molecular complexity index is 1210. The van der Waals surface area contributed by atoms with Crippen LogP contribution in [-0.2, 0) is 6.42 Å². The van der Waals surface area contributed by atoms with E-state index < -0.39 is 5.91 Å². The van der Waals surface area contributed by atoms with Crippen molar-refractivity contribution in [1.82, 2.24) is 14.4 Å². The third kappa shape index (κ3) is 3.45. The van der Waals surface area contributed by atoms with Gasteiger partial charge in [0, 0.05) is 5.69 Å². The van der Waals surface area contributed by atoms with Gasteiger partial charge in [-0.15, -0.1) is 0 Å². The molecule has 29 heavy (non-hydrogen) atoms. The van der Waals surface area contributed by atoms with Gasteiger partial charge in [-0.2, -0.15) is 0 Å². The van der Waals surface area contributed by atoms with Gasteiger partial charge >= 0.3 is 0 Å². The number of nitrogens with two attached hydrogens (primary N) is 1. The monoisotopic (exact) mass is 385 g/mol. The Morgan fingerprint density at radius 1 is 1.07 bits per heavy atom. The number of anilines is 1. The topological polar surface area (TPSA) is 102 Å². The molecule has 4 rings (SSSR count). The van der Waals surface area contributed by atoms with Crippen molar-refractivity contribution in [2.75, 3.05) is 5.32 Å². The SMILES string of the molecule is CCc1ccccc1NC(=O)c1cc(-c2ccccc2)n2cnc(C(N)=O)c2n1. The molecule has 0 atom stereocenters. The Kier molecular flexibility index (Phi) is 4.78. The van der Waals surface area contributed by atoms with Crippen LogP contribution in [0.15, 0.2) is 67.0 Å². The van der Waals surface area contributed by atoms with Gasteiger partial charge in [0.15, 0.2) is 11.3 Å². The number of benzene rings is 2. The molecule has 0 radical (unpaired) electrons. The predicted octanol–water partition coefficient (Wildman–Crippen LogP) is 3.31. The summed E-state index contributed by atoms with van der Waals surface area (Å²) < 4.78 is 1.66. The molecule has 0 saturated carbocycles. The number of amides is 2. The molecule has 0 saturated heterocycles. The van der Waals surface area contributed by atoms with Crippen molar-refractivity contribution < 1.29 is 9.59 Å². The number of nitrogens with zero attached hydrogens (tertiary/aromatic N) is 3. The second-order valence-corrected chi connectivity index (χ2v) is 6.51. The Hall–Kier alpha value is -4.00. The van der Waals surface area contributed by atoms with Crippen molar-refractivity contribution in [3.63, 3.8) is 0 Å². The van der Waals surface area contributed by atoms with Crippen LogP contribution in [0.1, 0.15) is 33.5 Å². The fourth-order valence-corrected chi connectivity index (χ4v) is 3.23. The highest BCUT2D eigenvalue weighted by Crippen LogP contribution is 2.24. The summed E-state index contributed by atoms with van der Waals surface area (Å²) in [6.45, 7) is 2.02. The number of para-hydroxylation sites is 1. The minimum absolute atomic E-state index is 0.0192. The molecule has 2 aromatic heterocycles. The van der Waals surface area contributed by atoms with Gasteiger partial charge in [0.2, 0.25) is 0 Å². The number of hydrogen-bond acceptors (Lipinski definition) is 4. The normalized spacial score (nSPS) is 10.8. The van der Waals surface area contributed by atoms with Gasteiger partial charge in [0.05, 0.1) is 5.69 Å². The van der Waals surface area contributed by atoms with Crippen LogP contribution in [-0.4, -0.2) is 26.2 Å². The first kappa shape index (κ1) is 18.4. The lowest BCUT2D eigenvalue weighted by Crippen LogP contribution is -2.17. The van der Waals surface area contributed by atoms with Gasteiger partial charge in [0.25, 0.3) is 11.8 Å². The van der Waals surface area contributed by atoms with Gasteiger partial charge in [-0.05, 0) is 29.7 Å². The molecule has 0 bridgehead atoms. The standard InChI is InChI=1S/C22H19N5O2/c1-2-14-8-6-7-11-16(14)26-22(29)17-12-18(15-9-4-3-5-10-15)27-13-24-19(20(23)28)21(27)25-17/h3-13H,2H2,1H3,(H2,23,28)(H,26,29). The first-order chi connectivity index (χ1) is 14.1. The van der Waals surface area contributed by atoms with Crippen LogP contribution in [0.5, 0.6) is 0 Å². The molecule has 0 aliphatic heterocycles. The molecule has 2 amide bonds. The van der Waals surface area contributed by atoms with E-state index >= 15 is 0 Å². The Balaban J connectivity index is 1.85. The Labute approximate surface area is 167 Å². The molecule has 7 heteroatoms. The van der Waals surface area contributed by atoms with Crippen LogP contribution < -0.4 is 11.1 Å². The maximum Gasteiger partial charge on any atom is 0.274 e. The van der Waals surface area contributed by atoms with Crippen molar-refractivity contribution in [1.29, 1.82) is 0 Å². The molecule has 4 aromatic rings. The number of nitrogens with one attached hydrogen (secondary N) is 1. The summed E-state index contributed by atoms with van der Waals surface area (Å²) in [6.07, 6.45) is 2.27. The fraction of sp³-hybridized carbons (Fsp3) is 0.0909. The average Bonchev–Trinajstić information content (AvgIpc) is 3.18. The van der Waals surface area contributed by atoms with Crippen LogP contribution in [0.2, 0.25) is 0 Å². The lowest BCUT2D eigenvalue weighted by atomic mass is 10.1. The van der Waals surface area contributed by atoms with E-state index in [9.17, 15) is 9.59 Å². The van der Waals surface area contributed by atoms with E-state index in [4.69, 9.17) is 5.73 Å². The maximum absolute atomic E-state index is 13.0. The minimum atomic E-state index is -0.701. The van der Waals surface area contributed by atoms with Crippen LogP contribution in [0, 0.1) is 0 Å². The summed E-state index contributed by atoms with van der Waals surface area (Å²) in [5.41, 5.74) is 9.17. The van der Waals surface area contributed by atoms with Gasteiger partial charge in [0.1, 0.15) is 12.0 Å². The first-order valence-electron chi connectivity index (χ1n) is 9.21. The molecule has 0 fully saturated rings. The lowest BCUT2D eigenvalue weighted by Gasteiger charge is -2.12. The highest BCUT2D eigenvalue weighted by atomic mass is 16.2. The zero-order valence-electron chi connectivity index (χ0n) is 15.8. The molecule has 2 aromatic carbocycles. The largest absolute Gasteiger partial charge is 0.364 e. The second-order valence-electron chi connectivity index (χ2n) is 6.51. The fourth-order valence-electron chi connectivity index (χ4n) is 3.23. The van der Waals surface area contributed by atoms with E-state index in [1.807, 2.05) is 61.5 Å². The van der Waals surface area contributed by atoms with E-state index in [1.165, 1.54) is 6.33 Å². The van der Waals surface area contributed by atoms with Crippen LogP contribution in [0.4, 0.5) is 5.69 Å². The van der Waals surface area contributed by atoms with E-state index in [0.29, 0.717) is 5.69 Å². The quantitative estimate of drug-likeness (QED) is 0.550. The number of aromatic nitrogens is 3. The average molecular weight is 385 g/mol. The molecule has 0 unspecified atom stereocenters. The Morgan fingerprint density at radius 2 is 1.79 bits per heavy atom. The van der Waals surface area contributed by atoms with Crippen LogP contribution in [0.3, 0.4) is 0 Å². The summed E-state index contributed by atoms with van der Waals surface area (Å²) in [7, 11) is 0. The number of imidazole rings is 1. The van der Waals surface area contributed by atoms with Gasteiger partial charge in [-0.25, -0.2) is 9.97 Å². The number of fused-ring (bicyclic) bond motifs is 1. The number of primary amides is 1. The van der Waals surface area contributed by atoms with E-state index in [1.54, 1.807) is 10.5 Å². The lowest BCUT2D eigenvalue weighted by molar-refractivity contribution is 0.0993. The van der Waals surface area contributed by atoms with Crippen LogP contribution >= 0.6 is 0 Å². The molecule has 2 heterocycles. The number of hydrogen-bond donors (Lipinski definition) is 2. The van der Waals surface area contributed by atoms with Gasteiger partial charge in [-0.3, -0.25) is 14.0 Å². The van der Waals surface area contributed by atoms with E-state index in [-0.39, 0.29) is 22.9 Å². The highest BCUT2D eigenvalue weighted by molar-refractivity contribution is 6.05. The molecule has 0 spiro atoms. The van der Waals surface area contributed by atoms with Crippen molar-refractivity contribution in [3.05, 3.63) is 83.9 Å². The van der Waals surface area contributed by atoms with Crippen LogP contribution in [0.25, 0.3) is 16.9 Å². The molecule has 3 N–H and O–H groups in total. The van der Waals surface area contributed by atoms with Crippen molar-refractivity contribution >= 4 is 23.1 Å². The van der Waals surface area contributed by atoms with Gasteiger partial charge < -0.3 is 11.1 Å². The Morgan fingerprint density at radius 3 is 2.52 bits per heavy atom. The number of aryl methyl sites for hydroxylation is 1. The molecule has 0 aliphatic rings. The molecule has 0 aliphatic carbocycles. The molecule has 144 valence electrons. The maximum atomic E-state index is 13.0. The summed E-state index contributed by atoms with van der Waals surface area (Å²) in [6, 6.07) is 18.8. The van der Waals surface area contributed by atoms with Crippen molar-refractivity contribution in [3.8, 4) is 11.3 Å². The summed E-state index contributed by atoms with van der Waals surface area (Å²) >= 11 is 0. The smallest absolute Gasteiger partial charge is 0.274 e. The summed E-state index contributed by atoms with van der Waals surface area (Å²) in [4.78, 5) is 33.2. The van der Waals surface area contributed by atoms with Crippen molar-refractivity contribution in [2.24, 2.45) is 5.73 Å². The predicted molar refractivity (Wildman–Crippen MR) is 111 cm³/mol. The molecular formula is C22H19N5O2. The molecular weight excluding hydrogens is 366 g/mol. The van der Waals surface area contributed by atoms with Crippen molar-refractivity contribution in [2.45, 2.75) is 13.3 Å². The highest BCUT2D eigenvalue weighted by Gasteiger charge is 2.19. The number of rotatable bonds is 5. The summed E-state index contributed by atoms with van der Waals surface area (Å²) in [5, 5.41) is 2.91. The third-order valence-electron chi connectivity index (χ3n) is 4.68. The molecule has 7 nitrogen and oxygen atoms in total. The second kappa shape index (κ2) is 7.55. The zero-order chi connectivity index (χ0) is 20.4. The van der Waals surface area contributed by atoms with E-state index in [2.05, 4.69) is 15.3 Å². The number of carbonyl (C=O) groups excluding carboxylic acids is 2. The number of carbonyl (C=O) groups is 2. The summed E-state index contributed by atoms with van der Waals surface area (Å²) in [5.74, 6) is -1.07. The first-order valence-corrected chi connectivity index (χ1v) is 9.21. The zero-order valence-corrected chi connectivity index (χ0v) is 15.8.